The molecule has 6 nitrogen and oxygen atoms in total. The van der Waals surface area contributed by atoms with Gasteiger partial charge in [0.05, 0.1) is 12.3 Å². The first-order valence-corrected chi connectivity index (χ1v) is 7.80. The van der Waals surface area contributed by atoms with Crippen LogP contribution in [0.4, 0.5) is 5.69 Å². The number of hydrogen-bond acceptors (Lipinski definition) is 4. The number of carboxylic acids is 1. The molecule has 0 aliphatic rings. The second-order valence-electron chi connectivity index (χ2n) is 4.48. The lowest BCUT2D eigenvalue weighted by Crippen LogP contribution is -2.32. The van der Waals surface area contributed by atoms with Crippen LogP contribution in [0.5, 0.6) is 5.75 Å². The molecule has 1 aromatic carbocycles. The number of anilines is 1. The van der Waals surface area contributed by atoms with Gasteiger partial charge in [0.2, 0.25) is 10.0 Å². The molecule has 0 bridgehead atoms. The van der Waals surface area contributed by atoms with Gasteiger partial charge in [0.25, 0.3) is 0 Å². The van der Waals surface area contributed by atoms with Crippen molar-refractivity contribution < 1.29 is 23.1 Å². The zero-order chi connectivity index (χ0) is 15.3. The molecular formula is C13H19NO5S. The van der Waals surface area contributed by atoms with Gasteiger partial charge in [-0.1, -0.05) is 13.0 Å². The summed E-state index contributed by atoms with van der Waals surface area (Å²) in [5.74, 6) is -1.01. The van der Waals surface area contributed by atoms with Crippen LogP contribution < -0.4 is 9.46 Å². The van der Waals surface area contributed by atoms with Crippen LogP contribution in [0.1, 0.15) is 25.8 Å². The summed E-state index contributed by atoms with van der Waals surface area (Å²) in [5, 5.41) is 7.26. The Balaban J connectivity index is 3.05. The summed E-state index contributed by atoms with van der Waals surface area (Å²) in [6, 6.07) is 4.99. The molecule has 20 heavy (non-hydrogen) atoms. The summed E-state index contributed by atoms with van der Waals surface area (Å²) in [6.07, 6.45) is 0.783. The zero-order valence-corrected chi connectivity index (χ0v) is 12.5. The van der Waals surface area contributed by atoms with Gasteiger partial charge < -0.3 is 9.84 Å². The number of benzene rings is 1. The summed E-state index contributed by atoms with van der Waals surface area (Å²) < 4.78 is 31.6. The number of sulfonamides is 1. The van der Waals surface area contributed by atoms with Crippen LogP contribution in [0.2, 0.25) is 0 Å². The summed E-state index contributed by atoms with van der Waals surface area (Å²) in [4.78, 5) is 10.8. The molecule has 0 amide bonds. The molecule has 0 saturated carbocycles. The van der Waals surface area contributed by atoms with E-state index in [2.05, 4.69) is 4.72 Å². The van der Waals surface area contributed by atoms with Crippen molar-refractivity contribution in [2.24, 2.45) is 0 Å². The first kappa shape index (κ1) is 16.3. The van der Waals surface area contributed by atoms with Gasteiger partial charge >= 0.3 is 5.97 Å². The molecule has 0 fully saturated rings. The maximum absolute atomic E-state index is 11.9. The highest BCUT2D eigenvalue weighted by Gasteiger charge is 2.28. The van der Waals surface area contributed by atoms with Crippen molar-refractivity contribution in [2.45, 2.75) is 32.4 Å². The topological polar surface area (TPSA) is 92.7 Å². The minimum Gasteiger partial charge on any atom is -0.491 e. The van der Waals surface area contributed by atoms with Crippen LogP contribution in [0.3, 0.4) is 0 Å². The predicted octanol–water partition coefficient (Wildman–Crippen LogP) is 2.00. The van der Waals surface area contributed by atoms with Crippen LogP contribution in [-0.4, -0.2) is 31.4 Å². The molecular weight excluding hydrogens is 282 g/mol. The molecule has 0 aliphatic heterocycles. The third-order valence-corrected chi connectivity index (χ3v) is 4.30. The third-order valence-electron chi connectivity index (χ3n) is 2.66. The van der Waals surface area contributed by atoms with E-state index in [1.165, 1.54) is 0 Å². The lowest BCUT2D eigenvalue weighted by Gasteiger charge is -2.15. The highest BCUT2D eigenvalue weighted by molar-refractivity contribution is 7.94. The Bertz CT molecular complexity index is 582. The molecule has 0 aliphatic carbocycles. The van der Waals surface area contributed by atoms with Gasteiger partial charge in [-0.05, 0) is 38.0 Å². The summed E-state index contributed by atoms with van der Waals surface area (Å²) in [6.45, 7) is 5.36. The van der Waals surface area contributed by atoms with Gasteiger partial charge in [-0.15, -0.1) is 0 Å². The van der Waals surface area contributed by atoms with E-state index < -0.39 is 21.2 Å². The van der Waals surface area contributed by atoms with Crippen molar-refractivity contribution in [1.82, 2.24) is 0 Å². The Hall–Kier alpha value is -1.76. The fourth-order valence-electron chi connectivity index (χ4n) is 1.42. The second kappa shape index (κ2) is 6.60. The average molecular weight is 301 g/mol. The first-order valence-electron chi connectivity index (χ1n) is 6.25. The van der Waals surface area contributed by atoms with Crippen molar-refractivity contribution in [3.8, 4) is 5.75 Å². The Labute approximate surface area is 118 Å². The van der Waals surface area contributed by atoms with Crippen LogP contribution in [0.15, 0.2) is 18.2 Å². The highest BCUT2D eigenvalue weighted by Crippen LogP contribution is 2.27. The van der Waals surface area contributed by atoms with Crippen molar-refractivity contribution >= 4 is 21.7 Å². The quantitative estimate of drug-likeness (QED) is 0.803. The Kier molecular flexibility index (Phi) is 5.38. The molecule has 112 valence electrons. The van der Waals surface area contributed by atoms with E-state index in [0.29, 0.717) is 12.4 Å². The van der Waals surface area contributed by atoms with Crippen molar-refractivity contribution in [3.05, 3.63) is 23.8 Å². The second-order valence-corrected chi connectivity index (χ2v) is 6.48. The monoisotopic (exact) mass is 301 g/mol. The summed E-state index contributed by atoms with van der Waals surface area (Å²) >= 11 is 0. The maximum atomic E-state index is 11.9. The van der Waals surface area contributed by atoms with Gasteiger partial charge in [0, 0.05) is 0 Å². The molecule has 2 N–H and O–H groups in total. The van der Waals surface area contributed by atoms with E-state index in [1.54, 1.807) is 18.2 Å². The van der Waals surface area contributed by atoms with E-state index in [4.69, 9.17) is 9.84 Å². The summed E-state index contributed by atoms with van der Waals surface area (Å²) in [5.41, 5.74) is 1.17. The Morgan fingerprint density at radius 3 is 2.65 bits per heavy atom. The van der Waals surface area contributed by atoms with Crippen LogP contribution in [0.25, 0.3) is 0 Å². The molecule has 7 heteroatoms. The fourth-order valence-corrected chi connectivity index (χ4v) is 2.34. The number of aryl methyl sites for hydroxylation is 1. The summed E-state index contributed by atoms with van der Waals surface area (Å²) in [7, 11) is -4.00. The van der Waals surface area contributed by atoms with E-state index in [1.807, 2.05) is 13.8 Å². The lowest BCUT2D eigenvalue weighted by atomic mass is 10.2. The molecule has 1 rings (SSSR count). The van der Waals surface area contributed by atoms with Crippen LogP contribution in [0, 0.1) is 6.92 Å². The number of hydrogen-bond donors (Lipinski definition) is 2. The van der Waals surface area contributed by atoms with E-state index in [-0.39, 0.29) is 5.69 Å². The number of carbonyl (C=O) groups is 1. The normalized spacial score (nSPS) is 12.8. The van der Waals surface area contributed by atoms with E-state index in [9.17, 15) is 13.2 Å². The van der Waals surface area contributed by atoms with Gasteiger partial charge in [-0.2, -0.15) is 0 Å². The van der Waals surface area contributed by atoms with Crippen molar-refractivity contribution in [3.63, 3.8) is 0 Å². The number of nitrogens with one attached hydrogen (secondary N) is 1. The van der Waals surface area contributed by atoms with Gasteiger partial charge in [-0.25, -0.2) is 8.42 Å². The molecule has 0 heterocycles. The number of rotatable bonds is 7. The van der Waals surface area contributed by atoms with Crippen LogP contribution in [-0.2, 0) is 14.8 Å². The van der Waals surface area contributed by atoms with Crippen molar-refractivity contribution in [2.75, 3.05) is 11.3 Å². The number of ether oxygens (including phenoxy) is 1. The van der Waals surface area contributed by atoms with Gasteiger partial charge in [-0.3, -0.25) is 9.52 Å². The number of aliphatic carboxylic acids is 1. The first-order chi connectivity index (χ1) is 9.27. The zero-order valence-electron chi connectivity index (χ0n) is 11.7. The lowest BCUT2D eigenvalue weighted by molar-refractivity contribution is -0.136. The molecule has 1 aromatic rings. The largest absolute Gasteiger partial charge is 0.491 e. The van der Waals surface area contributed by atoms with Gasteiger partial charge in [0.1, 0.15) is 5.75 Å². The highest BCUT2D eigenvalue weighted by atomic mass is 32.2. The molecule has 1 unspecified atom stereocenters. The average Bonchev–Trinajstić information content (AvgIpc) is 2.37. The van der Waals surface area contributed by atoms with Crippen molar-refractivity contribution in [1.29, 1.82) is 0 Å². The maximum Gasteiger partial charge on any atom is 0.323 e. The number of carboxylic acid groups (broad SMARTS) is 1. The smallest absolute Gasteiger partial charge is 0.323 e. The van der Waals surface area contributed by atoms with E-state index >= 15 is 0 Å². The molecule has 0 saturated heterocycles. The third kappa shape index (κ3) is 4.12. The van der Waals surface area contributed by atoms with Gasteiger partial charge in [0.15, 0.2) is 5.25 Å². The Morgan fingerprint density at radius 2 is 2.10 bits per heavy atom. The molecule has 1 atom stereocenters. The fraction of sp³-hybridized carbons (Fsp3) is 0.462. The standard InChI is InChI=1S/C13H19NO5S/c1-4-7-19-12-8-9(2)5-6-11(12)14-20(17,18)10(3)13(15)16/h5-6,8,10,14H,4,7H2,1-3H3,(H,15,16). The minimum absolute atomic E-state index is 0.247. The Morgan fingerprint density at radius 1 is 1.45 bits per heavy atom. The minimum atomic E-state index is -4.00. The van der Waals surface area contributed by atoms with Crippen LogP contribution >= 0.6 is 0 Å². The van der Waals surface area contributed by atoms with E-state index in [0.717, 1.165) is 18.9 Å². The molecule has 0 aromatic heterocycles. The molecule has 0 radical (unpaired) electrons. The SMILES string of the molecule is CCCOc1cc(C)ccc1NS(=O)(=O)C(C)C(=O)O. The molecule has 0 spiro atoms. The predicted molar refractivity (Wildman–Crippen MR) is 76.6 cm³/mol.